The van der Waals surface area contributed by atoms with Crippen molar-refractivity contribution in [1.82, 2.24) is 4.90 Å². The monoisotopic (exact) mass is 276 g/mol. The van der Waals surface area contributed by atoms with Gasteiger partial charge in [-0.25, -0.2) is 0 Å². The standard InChI is InChI=1S/C17H28N2O/c1-13-7-6-8-14(9-13)12-19(5)16(20)10-15(18)11-17(2,3)4/h6-9,15H,10-12,18H2,1-5H3. The van der Waals surface area contributed by atoms with Crippen LogP contribution in [0.25, 0.3) is 0 Å². The number of nitrogens with two attached hydrogens (primary N) is 1. The molecule has 112 valence electrons. The SMILES string of the molecule is Cc1cccc(CN(C)C(=O)CC(N)CC(C)(C)C)c1. The Kier molecular flexibility index (Phi) is 5.75. The van der Waals surface area contributed by atoms with Gasteiger partial charge < -0.3 is 10.6 Å². The highest BCUT2D eigenvalue weighted by Gasteiger charge is 2.19. The van der Waals surface area contributed by atoms with Crippen molar-refractivity contribution in [3.05, 3.63) is 35.4 Å². The lowest BCUT2D eigenvalue weighted by atomic mass is 9.87. The lowest BCUT2D eigenvalue weighted by Crippen LogP contribution is -2.35. The molecule has 3 nitrogen and oxygen atoms in total. The Hall–Kier alpha value is -1.35. The van der Waals surface area contributed by atoms with Gasteiger partial charge in [0, 0.05) is 26.1 Å². The molecule has 0 fully saturated rings. The molecule has 20 heavy (non-hydrogen) atoms. The maximum atomic E-state index is 12.2. The van der Waals surface area contributed by atoms with Crippen LogP contribution in [-0.4, -0.2) is 23.9 Å². The molecule has 0 aliphatic heterocycles. The minimum atomic E-state index is -0.0672. The Morgan fingerprint density at radius 2 is 2.00 bits per heavy atom. The fourth-order valence-electron chi connectivity index (χ4n) is 2.41. The summed E-state index contributed by atoms with van der Waals surface area (Å²) in [5.74, 6) is 0.114. The van der Waals surface area contributed by atoms with E-state index in [1.807, 2.05) is 19.2 Å². The predicted octanol–water partition coefficient (Wildman–Crippen LogP) is 3.11. The summed E-state index contributed by atoms with van der Waals surface area (Å²) >= 11 is 0. The van der Waals surface area contributed by atoms with Gasteiger partial charge in [0.1, 0.15) is 0 Å². The molecule has 3 heteroatoms. The minimum Gasteiger partial charge on any atom is -0.341 e. The third kappa shape index (κ3) is 6.20. The van der Waals surface area contributed by atoms with Crippen molar-refractivity contribution in [3.63, 3.8) is 0 Å². The van der Waals surface area contributed by atoms with Crippen LogP contribution in [0, 0.1) is 12.3 Å². The van der Waals surface area contributed by atoms with Gasteiger partial charge in [-0.2, -0.15) is 0 Å². The number of nitrogens with zero attached hydrogens (tertiary/aromatic N) is 1. The van der Waals surface area contributed by atoms with E-state index in [4.69, 9.17) is 5.73 Å². The second-order valence-electron chi connectivity index (χ2n) is 6.97. The van der Waals surface area contributed by atoms with Gasteiger partial charge in [0.05, 0.1) is 0 Å². The van der Waals surface area contributed by atoms with Crippen molar-refractivity contribution < 1.29 is 4.79 Å². The number of hydrogen-bond acceptors (Lipinski definition) is 2. The summed E-state index contributed by atoms with van der Waals surface area (Å²) < 4.78 is 0. The highest BCUT2D eigenvalue weighted by atomic mass is 16.2. The third-order valence-corrected chi connectivity index (χ3v) is 3.24. The third-order valence-electron chi connectivity index (χ3n) is 3.24. The van der Waals surface area contributed by atoms with Crippen LogP contribution >= 0.6 is 0 Å². The zero-order chi connectivity index (χ0) is 15.3. The van der Waals surface area contributed by atoms with Gasteiger partial charge in [-0.1, -0.05) is 50.6 Å². The molecule has 1 aromatic rings. The van der Waals surface area contributed by atoms with E-state index in [0.717, 1.165) is 12.0 Å². The van der Waals surface area contributed by atoms with Crippen molar-refractivity contribution >= 4 is 5.91 Å². The smallest absolute Gasteiger partial charge is 0.224 e. The molecule has 0 aliphatic rings. The zero-order valence-electron chi connectivity index (χ0n) is 13.4. The molecule has 0 bridgehead atoms. The molecular formula is C17H28N2O. The van der Waals surface area contributed by atoms with E-state index in [0.29, 0.717) is 13.0 Å². The van der Waals surface area contributed by atoms with E-state index < -0.39 is 0 Å². The molecule has 0 heterocycles. The van der Waals surface area contributed by atoms with E-state index in [1.54, 1.807) is 4.90 Å². The molecule has 1 unspecified atom stereocenters. The normalized spacial score (nSPS) is 13.1. The average Bonchev–Trinajstić information content (AvgIpc) is 2.25. The van der Waals surface area contributed by atoms with E-state index in [2.05, 4.69) is 39.8 Å². The highest BCUT2D eigenvalue weighted by molar-refractivity contribution is 5.76. The van der Waals surface area contributed by atoms with E-state index >= 15 is 0 Å². The summed E-state index contributed by atoms with van der Waals surface area (Å²) in [6.07, 6.45) is 1.27. The Bertz CT molecular complexity index is 449. The first-order valence-corrected chi connectivity index (χ1v) is 7.22. The first-order chi connectivity index (χ1) is 9.17. The van der Waals surface area contributed by atoms with Crippen LogP contribution in [0.5, 0.6) is 0 Å². The number of aryl methyl sites for hydroxylation is 1. The maximum Gasteiger partial charge on any atom is 0.224 e. The average molecular weight is 276 g/mol. The fraction of sp³-hybridized carbons (Fsp3) is 0.588. The van der Waals surface area contributed by atoms with Crippen LogP contribution < -0.4 is 5.73 Å². The van der Waals surface area contributed by atoms with Crippen LogP contribution in [0.2, 0.25) is 0 Å². The molecule has 0 saturated carbocycles. The van der Waals surface area contributed by atoms with Crippen LogP contribution in [0.1, 0.15) is 44.7 Å². The van der Waals surface area contributed by atoms with Gasteiger partial charge >= 0.3 is 0 Å². The number of rotatable bonds is 5. The molecule has 0 spiro atoms. The predicted molar refractivity (Wildman–Crippen MR) is 84.3 cm³/mol. The largest absolute Gasteiger partial charge is 0.341 e. The van der Waals surface area contributed by atoms with Gasteiger partial charge in [0.15, 0.2) is 0 Å². The van der Waals surface area contributed by atoms with Gasteiger partial charge in [0.25, 0.3) is 0 Å². The molecular weight excluding hydrogens is 248 g/mol. The quantitative estimate of drug-likeness (QED) is 0.898. The van der Waals surface area contributed by atoms with Crippen molar-refractivity contribution in [2.24, 2.45) is 11.1 Å². The van der Waals surface area contributed by atoms with Crippen LogP contribution in [-0.2, 0) is 11.3 Å². The fourth-order valence-corrected chi connectivity index (χ4v) is 2.41. The Labute approximate surface area is 123 Å². The molecule has 0 saturated heterocycles. The summed E-state index contributed by atoms with van der Waals surface area (Å²) in [5.41, 5.74) is 8.60. The van der Waals surface area contributed by atoms with Gasteiger partial charge in [-0.05, 0) is 24.3 Å². The number of amides is 1. The first kappa shape index (κ1) is 16.7. The zero-order valence-corrected chi connectivity index (χ0v) is 13.4. The second-order valence-corrected chi connectivity index (χ2v) is 6.97. The van der Waals surface area contributed by atoms with Gasteiger partial charge in [-0.3, -0.25) is 4.79 Å². The lowest BCUT2D eigenvalue weighted by Gasteiger charge is -2.25. The minimum absolute atomic E-state index is 0.0672. The van der Waals surface area contributed by atoms with Crippen LogP contribution in [0.3, 0.4) is 0 Å². The van der Waals surface area contributed by atoms with E-state index in [1.165, 1.54) is 5.56 Å². The van der Waals surface area contributed by atoms with Crippen molar-refractivity contribution in [2.75, 3.05) is 7.05 Å². The number of benzene rings is 1. The molecule has 1 aromatic carbocycles. The van der Waals surface area contributed by atoms with Gasteiger partial charge in [-0.15, -0.1) is 0 Å². The maximum absolute atomic E-state index is 12.2. The topological polar surface area (TPSA) is 46.3 Å². The van der Waals surface area contributed by atoms with Crippen molar-refractivity contribution in [1.29, 1.82) is 0 Å². The number of carbonyl (C=O) groups excluding carboxylic acids is 1. The molecule has 2 N–H and O–H groups in total. The van der Waals surface area contributed by atoms with Crippen LogP contribution in [0.4, 0.5) is 0 Å². The molecule has 0 radical (unpaired) electrons. The number of carbonyl (C=O) groups is 1. The first-order valence-electron chi connectivity index (χ1n) is 7.22. The van der Waals surface area contributed by atoms with Crippen molar-refractivity contribution in [3.8, 4) is 0 Å². The van der Waals surface area contributed by atoms with Crippen LogP contribution in [0.15, 0.2) is 24.3 Å². The lowest BCUT2D eigenvalue weighted by molar-refractivity contribution is -0.130. The van der Waals surface area contributed by atoms with E-state index in [-0.39, 0.29) is 17.4 Å². The Morgan fingerprint density at radius 3 is 2.55 bits per heavy atom. The number of hydrogen-bond donors (Lipinski definition) is 1. The molecule has 0 aliphatic carbocycles. The Balaban J connectivity index is 2.51. The summed E-state index contributed by atoms with van der Waals surface area (Å²) in [4.78, 5) is 13.9. The second kappa shape index (κ2) is 6.89. The molecule has 0 aromatic heterocycles. The summed E-state index contributed by atoms with van der Waals surface area (Å²) in [7, 11) is 1.84. The van der Waals surface area contributed by atoms with Crippen molar-refractivity contribution in [2.45, 2.75) is 53.1 Å². The molecule has 1 atom stereocenters. The summed E-state index contributed by atoms with van der Waals surface area (Å²) in [6.45, 7) is 9.14. The Morgan fingerprint density at radius 1 is 1.35 bits per heavy atom. The van der Waals surface area contributed by atoms with E-state index in [9.17, 15) is 4.79 Å². The highest BCUT2D eigenvalue weighted by Crippen LogP contribution is 2.21. The molecule has 1 amide bonds. The molecule has 1 rings (SSSR count). The van der Waals surface area contributed by atoms with Gasteiger partial charge in [0.2, 0.25) is 5.91 Å². The summed E-state index contributed by atoms with van der Waals surface area (Å²) in [5, 5.41) is 0. The summed E-state index contributed by atoms with van der Waals surface area (Å²) in [6, 6.07) is 8.17.